The molecule has 1 saturated heterocycles. The highest BCUT2D eigenvalue weighted by atomic mass is 16.5. The molecule has 2 heterocycles. The smallest absolute Gasteiger partial charge is 0.129 e. The van der Waals surface area contributed by atoms with E-state index < -0.39 is 5.60 Å². The van der Waals surface area contributed by atoms with Gasteiger partial charge in [-0.1, -0.05) is 6.07 Å². The summed E-state index contributed by atoms with van der Waals surface area (Å²) in [7, 11) is 0. The number of nitrogens with zero attached hydrogens (tertiary/aromatic N) is 1. The van der Waals surface area contributed by atoms with E-state index in [1.54, 1.807) is 12.3 Å². The molecule has 1 aromatic heterocycles. The van der Waals surface area contributed by atoms with Gasteiger partial charge in [-0.25, -0.2) is 4.98 Å². The maximum absolute atomic E-state index is 10.7. The van der Waals surface area contributed by atoms with E-state index in [0.29, 0.717) is 18.7 Å². The van der Waals surface area contributed by atoms with Crippen LogP contribution < -0.4 is 5.73 Å². The van der Waals surface area contributed by atoms with Crippen molar-refractivity contribution in [3.8, 4) is 0 Å². The molecule has 4 nitrogen and oxygen atoms in total. The quantitative estimate of drug-likeness (QED) is 0.754. The Morgan fingerprint density at radius 3 is 2.62 bits per heavy atom. The molecule has 16 heavy (non-hydrogen) atoms. The third kappa shape index (κ3) is 2.03. The van der Waals surface area contributed by atoms with Gasteiger partial charge in [-0.15, -0.1) is 0 Å². The van der Waals surface area contributed by atoms with E-state index >= 15 is 0 Å². The molecular formula is C12H18N2O2. The molecule has 1 aromatic rings. The number of nitrogens with two attached hydrogens (primary N) is 1. The maximum Gasteiger partial charge on any atom is 0.129 e. The number of anilines is 1. The van der Waals surface area contributed by atoms with Gasteiger partial charge in [0.25, 0.3) is 0 Å². The Hall–Kier alpha value is -1.13. The monoisotopic (exact) mass is 222 g/mol. The number of hydrogen-bond donors (Lipinski definition) is 2. The van der Waals surface area contributed by atoms with E-state index in [9.17, 15) is 5.11 Å². The van der Waals surface area contributed by atoms with Crippen molar-refractivity contribution in [1.82, 2.24) is 4.98 Å². The summed E-state index contributed by atoms with van der Waals surface area (Å²) in [5, 5.41) is 10.7. The zero-order valence-corrected chi connectivity index (χ0v) is 9.68. The van der Waals surface area contributed by atoms with Crippen molar-refractivity contribution < 1.29 is 9.84 Å². The van der Waals surface area contributed by atoms with E-state index in [4.69, 9.17) is 10.5 Å². The average molecular weight is 222 g/mol. The molecule has 0 amide bonds. The van der Waals surface area contributed by atoms with Crippen LogP contribution in [0.5, 0.6) is 0 Å². The minimum absolute atomic E-state index is 0.0355. The number of hydrogen-bond acceptors (Lipinski definition) is 4. The maximum atomic E-state index is 10.7. The van der Waals surface area contributed by atoms with E-state index in [1.807, 2.05) is 19.9 Å². The molecule has 1 fully saturated rings. The van der Waals surface area contributed by atoms with Crippen LogP contribution in [0.1, 0.15) is 32.3 Å². The molecule has 0 aliphatic carbocycles. The molecular weight excluding hydrogens is 204 g/mol. The predicted molar refractivity (Wildman–Crippen MR) is 61.8 cm³/mol. The molecule has 2 rings (SSSR count). The third-order valence-corrected chi connectivity index (χ3v) is 3.05. The van der Waals surface area contributed by atoms with Gasteiger partial charge in [0.2, 0.25) is 0 Å². The Balaban J connectivity index is 2.34. The molecule has 88 valence electrons. The minimum atomic E-state index is -0.907. The molecule has 0 saturated carbocycles. The summed E-state index contributed by atoms with van der Waals surface area (Å²) in [6, 6.07) is 3.64. The van der Waals surface area contributed by atoms with E-state index in [2.05, 4.69) is 4.98 Å². The standard InChI is InChI=1S/C12H18N2O2/c1-8-6-12(15,7-9(2)16-8)10-4-3-5-14-11(10)13/h3-5,8-9,15H,6-7H2,1-2H3,(H2,13,14). The first-order chi connectivity index (χ1) is 7.51. The third-order valence-electron chi connectivity index (χ3n) is 3.05. The van der Waals surface area contributed by atoms with Crippen LogP contribution in [0.2, 0.25) is 0 Å². The van der Waals surface area contributed by atoms with Gasteiger partial charge in [-0.05, 0) is 19.9 Å². The summed E-state index contributed by atoms with van der Waals surface area (Å²) in [5.74, 6) is 0.409. The number of ether oxygens (including phenoxy) is 1. The van der Waals surface area contributed by atoms with E-state index in [0.717, 1.165) is 5.56 Å². The molecule has 2 unspecified atom stereocenters. The SMILES string of the molecule is CC1CC(O)(c2cccnc2N)CC(C)O1. The molecule has 0 aromatic carbocycles. The molecule has 4 heteroatoms. The van der Waals surface area contributed by atoms with Crippen LogP contribution in [0, 0.1) is 0 Å². The second kappa shape index (κ2) is 4.03. The Morgan fingerprint density at radius 1 is 1.44 bits per heavy atom. The minimum Gasteiger partial charge on any atom is -0.385 e. The van der Waals surface area contributed by atoms with Gasteiger partial charge < -0.3 is 15.6 Å². The largest absolute Gasteiger partial charge is 0.385 e. The van der Waals surface area contributed by atoms with Crippen molar-refractivity contribution in [3.05, 3.63) is 23.9 Å². The first-order valence-electron chi connectivity index (χ1n) is 5.60. The van der Waals surface area contributed by atoms with Crippen molar-refractivity contribution in [3.63, 3.8) is 0 Å². The zero-order chi connectivity index (χ0) is 11.8. The topological polar surface area (TPSA) is 68.4 Å². The summed E-state index contributed by atoms with van der Waals surface area (Å²) in [5.41, 5.74) is 5.63. The molecule has 0 spiro atoms. The molecule has 2 atom stereocenters. The molecule has 1 aliphatic rings. The summed E-state index contributed by atoms with van der Waals surface area (Å²) in [6.07, 6.45) is 2.83. The van der Waals surface area contributed by atoms with Crippen LogP contribution in [0.25, 0.3) is 0 Å². The first-order valence-corrected chi connectivity index (χ1v) is 5.60. The molecule has 1 aliphatic heterocycles. The van der Waals surface area contributed by atoms with Crippen molar-refractivity contribution in [1.29, 1.82) is 0 Å². The fourth-order valence-electron chi connectivity index (χ4n) is 2.56. The molecule has 0 radical (unpaired) electrons. The Bertz CT molecular complexity index is 371. The number of nitrogen functional groups attached to an aromatic ring is 1. The summed E-state index contributed by atoms with van der Waals surface area (Å²) in [4.78, 5) is 4.03. The highest BCUT2D eigenvalue weighted by Gasteiger charge is 2.39. The van der Waals surface area contributed by atoms with E-state index in [-0.39, 0.29) is 12.2 Å². The predicted octanol–water partition coefficient (Wildman–Crippen LogP) is 1.44. The lowest BCUT2D eigenvalue weighted by Gasteiger charge is -2.39. The van der Waals surface area contributed by atoms with Crippen molar-refractivity contribution >= 4 is 5.82 Å². The Labute approximate surface area is 95.4 Å². The number of aromatic nitrogens is 1. The first kappa shape index (κ1) is 11.4. The average Bonchev–Trinajstić information content (AvgIpc) is 2.15. The van der Waals surface area contributed by atoms with Gasteiger partial charge in [0.15, 0.2) is 0 Å². The highest BCUT2D eigenvalue weighted by molar-refractivity contribution is 5.43. The Morgan fingerprint density at radius 2 is 2.06 bits per heavy atom. The number of rotatable bonds is 1. The van der Waals surface area contributed by atoms with Gasteiger partial charge in [-0.2, -0.15) is 0 Å². The van der Waals surface area contributed by atoms with Crippen LogP contribution in [0.4, 0.5) is 5.82 Å². The van der Waals surface area contributed by atoms with Crippen LogP contribution >= 0.6 is 0 Å². The summed E-state index contributed by atoms with van der Waals surface area (Å²) in [6.45, 7) is 3.93. The van der Waals surface area contributed by atoms with Gasteiger partial charge in [-0.3, -0.25) is 0 Å². The van der Waals surface area contributed by atoms with Crippen LogP contribution in [-0.2, 0) is 10.3 Å². The van der Waals surface area contributed by atoms with Gasteiger partial charge >= 0.3 is 0 Å². The molecule has 3 N–H and O–H groups in total. The van der Waals surface area contributed by atoms with Gasteiger partial charge in [0.1, 0.15) is 5.82 Å². The Kier molecular flexibility index (Phi) is 2.86. The summed E-state index contributed by atoms with van der Waals surface area (Å²) >= 11 is 0. The van der Waals surface area contributed by atoms with Gasteiger partial charge in [0.05, 0.1) is 17.8 Å². The van der Waals surface area contributed by atoms with E-state index in [1.165, 1.54) is 0 Å². The fourth-order valence-corrected chi connectivity index (χ4v) is 2.56. The van der Waals surface area contributed by atoms with Crippen LogP contribution in [-0.4, -0.2) is 22.3 Å². The van der Waals surface area contributed by atoms with Crippen LogP contribution in [0.15, 0.2) is 18.3 Å². The lowest BCUT2D eigenvalue weighted by Crippen LogP contribution is -2.41. The van der Waals surface area contributed by atoms with Crippen molar-refractivity contribution in [2.45, 2.75) is 44.5 Å². The second-order valence-electron chi connectivity index (χ2n) is 4.63. The number of pyridine rings is 1. The lowest BCUT2D eigenvalue weighted by molar-refractivity contribution is -0.135. The van der Waals surface area contributed by atoms with Crippen molar-refractivity contribution in [2.24, 2.45) is 0 Å². The second-order valence-corrected chi connectivity index (χ2v) is 4.63. The lowest BCUT2D eigenvalue weighted by atomic mass is 9.82. The van der Waals surface area contributed by atoms with Crippen LogP contribution in [0.3, 0.4) is 0 Å². The molecule has 0 bridgehead atoms. The highest BCUT2D eigenvalue weighted by Crippen LogP contribution is 2.38. The zero-order valence-electron chi connectivity index (χ0n) is 9.68. The van der Waals surface area contributed by atoms with Crippen molar-refractivity contribution in [2.75, 3.05) is 5.73 Å². The van der Waals surface area contributed by atoms with Gasteiger partial charge in [0, 0.05) is 24.6 Å². The normalized spacial score (nSPS) is 34.9. The fraction of sp³-hybridized carbons (Fsp3) is 0.583. The number of aliphatic hydroxyl groups is 1. The summed E-state index contributed by atoms with van der Waals surface area (Å²) < 4.78 is 5.62.